The maximum Gasteiger partial charge on any atom is 0.303 e. The Morgan fingerprint density at radius 2 is 1.83 bits per heavy atom. The zero-order valence-electron chi connectivity index (χ0n) is 20.5. The van der Waals surface area contributed by atoms with Crippen molar-refractivity contribution in [2.24, 2.45) is 4.99 Å². The molecule has 182 valence electrons. The summed E-state index contributed by atoms with van der Waals surface area (Å²) < 4.78 is 0. The van der Waals surface area contributed by atoms with Gasteiger partial charge in [0.15, 0.2) is 11.2 Å². The monoisotopic (exact) mass is 473 g/mol. The van der Waals surface area contributed by atoms with Crippen molar-refractivity contribution in [2.75, 3.05) is 24.5 Å². The summed E-state index contributed by atoms with van der Waals surface area (Å²) in [7, 11) is 0. The zero-order chi connectivity index (χ0) is 25.1. The Bertz CT molecular complexity index is 1410. The molecule has 35 heavy (non-hydrogen) atoms. The summed E-state index contributed by atoms with van der Waals surface area (Å²) in [4.78, 5) is 39.9. The fourth-order valence-electron chi connectivity index (χ4n) is 4.26. The van der Waals surface area contributed by atoms with Gasteiger partial charge in [0.05, 0.1) is 11.4 Å². The number of anilines is 2. The second-order valence-corrected chi connectivity index (χ2v) is 9.13. The van der Waals surface area contributed by atoms with E-state index >= 15 is 0 Å². The van der Waals surface area contributed by atoms with Crippen molar-refractivity contribution in [2.45, 2.75) is 40.2 Å². The molecule has 0 fully saturated rings. The summed E-state index contributed by atoms with van der Waals surface area (Å²) >= 11 is 0. The molecule has 0 bridgehead atoms. The Kier molecular flexibility index (Phi) is 7.12. The third-order valence-electron chi connectivity index (χ3n) is 6.33. The summed E-state index contributed by atoms with van der Waals surface area (Å²) in [6, 6.07) is 12.5. The SMILES string of the molecule is C=c1nc2c(c(=O)[nH]1)=Nc1cc(C)c(C)cc1N2CCN(CCCC(=O)O)Cc1ccc(C)cc1. The van der Waals surface area contributed by atoms with Crippen LogP contribution in [0.15, 0.2) is 46.2 Å². The Morgan fingerprint density at radius 1 is 1.11 bits per heavy atom. The number of carboxylic acids is 1. The van der Waals surface area contributed by atoms with Crippen molar-refractivity contribution in [3.8, 4) is 0 Å². The highest BCUT2D eigenvalue weighted by Crippen LogP contribution is 2.36. The first-order chi connectivity index (χ1) is 16.7. The lowest BCUT2D eigenvalue weighted by molar-refractivity contribution is -0.137. The molecule has 3 aromatic rings. The maximum atomic E-state index is 12.7. The molecule has 0 radical (unpaired) electrons. The highest BCUT2D eigenvalue weighted by atomic mass is 16.4. The fourth-order valence-corrected chi connectivity index (χ4v) is 4.26. The molecule has 0 spiro atoms. The lowest BCUT2D eigenvalue weighted by atomic mass is 10.1. The molecule has 1 aliphatic heterocycles. The number of carbonyl (C=O) groups is 1. The van der Waals surface area contributed by atoms with Gasteiger partial charge in [-0.2, -0.15) is 0 Å². The number of hydrogen-bond donors (Lipinski definition) is 2. The van der Waals surface area contributed by atoms with Crippen LogP contribution in [-0.2, 0) is 11.3 Å². The first-order valence-electron chi connectivity index (χ1n) is 11.8. The normalized spacial score (nSPS) is 12.3. The van der Waals surface area contributed by atoms with Crippen LogP contribution in [0.2, 0.25) is 0 Å². The smallest absolute Gasteiger partial charge is 0.303 e. The minimum atomic E-state index is -0.793. The van der Waals surface area contributed by atoms with Gasteiger partial charge in [-0.05, 0) is 62.6 Å². The van der Waals surface area contributed by atoms with E-state index in [1.807, 2.05) is 17.9 Å². The van der Waals surface area contributed by atoms with Crippen molar-refractivity contribution >= 4 is 29.7 Å². The second kappa shape index (κ2) is 10.2. The maximum absolute atomic E-state index is 12.7. The van der Waals surface area contributed by atoms with Gasteiger partial charge < -0.3 is 15.0 Å². The third-order valence-corrected chi connectivity index (χ3v) is 6.33. The van der Waals surface area contributed by atoms with Crippen LogP contribution in [0.5, 0.6) is 0 Å². The molecule has 4 rings (SSSR count). The third kappa shape index (κ3) is 5.66. The van der Waals surface area contributed by atoms with E-state index in [9.17, 15) is 9.59 Å². The minimum absolute atomic E-state index is 0.124. The van der Waals surface area contributed by atoms with E-state index in [-0.39, 0.29) is 17.3 Å². The molecule has 0 amide bonds. The molecule has 2 heterocycles. The van der Waals surface area contributed by atoms with Crippen LogP contribution in [0.25, 0.3) is 6.58 Å². The Labute approximate surface area is 204 Å². The lowest BCUT2D eigenvalue weighted by Gasteiger charge is -2.31. The van der Waals surface area contributed by atoms with E-state index in [1.165, 1.54) is 11.1 Å². The molecule has 0 aliphatic carbocycles. The standard InChI is InChI=1S/C27H31N5O3/c1-17-7-9-21(10-8-17)16-31(11-5-6-24(33)34)12-13-32-23-15-19(3)18(2)14-22(23)30-25-26(32)28-20(4)29-27(25)35/h7-10,14-15H,4-6,11-13,16H2,1-3H3,(H,29,35)(H,33,34). The molecule has 1 aliphatic rings. The first-order valence-corrected chi connectivity index (χ1v) is 11.8. The van der Waals surface area contributed by atoms with Crippen LogP contribution in [0.3, 0.4) is 0 Å². The number of aryl methyl sites for hydroxylation is 3. The summed E-state index contributed by atoms with van der Waals surface area (Å²) in [6.07, 6.45) is 0.682. The Hall–Kier alpha value is -3.78. The molecule has 2 aromatic carbocycles. The molecule has 1 aromatic heterocycles. The van der Waals surface area contributed by atoms with Gasteiger partial charge >= 0.3 is 5.97 Å². The van der Waals surface area contributed by atoms with Gasteiger partial charge in [-0.1, -0.05) is 36.4 Å². The summed E-state index contributed by atoms with van der Waals surface area (Å²) in [5.74, 6) is -0.298. The Balaban J connectivity index is 1.66. The van der Waals surface area contributed by atoms with E-state index in [0.717, 1.165) is 22.5 Å². The number of hydrogen-bond acceptors (Lipinski definition) is 6. The zero-order valence-corrected chi connectivity index (χ0v) is 20.5. The lowest BCUT2D eigenvalue weighted by Crippen LogP contribution is -2.44. The molecule has 0 saturated heterocycles. The number of aromatic amines is 1. The summed E-state index contributed by atoms with van der Waals surface area (Å²) in [5.41, 5.74) is 6.21. The van der Waals surface area contributed by atoms with E-state index in [2.05, 4.69) is 70.6 Å². The number of rotatable bonds is 9. The molecule has 8 heteroatoms. The summed E-state index contributed by atoms with van der Waals surface area (Å²) in [6.45, 7) is 12.5. The average molecular weight is 474 g/mol. The predicted octanol–water partition coefficient (Wildman–Crippen LogP) is 2.88. The quantitative estimate of drug-likeness (QED) is 0.496. The van der Waals surface area contributed by atoms with Gasteiger partial charge in [0.1, 0.15) is 5.48 Å². The number of fused-ring (bicyclic) bond motifs is 2. The number of nitrogens with one attached hydrogen (secondary N) is 1. The van der Waals surface area contributed by atoms with Crippen molar-refractivity contribution in [1.82, 2.24) is 14.9 Å². The number of aliphatic carboxylic acids is 1. The molecule has 0 saturated carbocycles. The largest absolute Gasteiger partial charge is 0.481 e. The van der Waals surface area contributed by atoms with Crippen LogP contribution >= 0.6 is 0 Å². The highest BCUT2D eigenvalue weighted by molar-refractivity contribution is 5.77. The summed E-state index contributed by atoms with van der Waals surface area (Å²) in [5, 5.41) is 9.40. The van der Waals surface area contributed by atoms with Crippen molar-refractivity contribution < 1.29 is 9.90 Å². The van der Waals surface area contributed by atoms with Crippen LogP contribution in [0.4, 0.5) is 17.2 Å². The number of aromatic nitrogens is 2. The Morgan fingerprint density at radius 3 is 2.54 bits per heavy atom. The number of nitrogens with zero attached hydrogens (tertiary/aromatic N) is 4. The van der Waals surface area contributed by atoms with Crippen molar-refractivity contribution in [3.05, 3.63) is 79.8 Å². The van der Waals surface area contributed by atoms with Crippen molar-refractivity contribution in [3.63, 3.8) is 0 Å². The topological polar surface area (TPSA) is 102 Å². The van der Waals surface area contributed by atoms with Crippen LogP contribution in [-0.4, -0.2) is 45.6 Å². The van der Waals surface area contributed by atoms with Gasteiger partial charge in [0.25, 0.3) is 5.56 Å². The van der Waals surface area contributed by atoms with Crippen LogP contribution < -0.4 is 21.3 Å². The minimum Gasteiger partial charge on any atom is -0.481 e. The van der Waals surface area contributed by atoms with Gasteiger partial charge in [-0.3, -0.25) is 14.5 Å². The average Bonchev–Trinajstić information content (AvgIpc) is 2.79. The number of benzene rings is 2. The molecule has 2 N–H and O–H groups in total. The first kappa shape index (κ1) is 24.3. The van der Waals surface area contributed by atoms with Gasteiger partial charge in [0.2, 0.25) is 0 Å². The predicted molar refractivity (Wildman–Crippen MR) is 137 cm³/mol. The van der Waals surface area contributed by atoms with Gasteiger partial charge in [-0.25, -0.2) is 9.98 Å². The van der Waals surface area contributed by atoms with E-state index < -0.39 is 5.97 Å². The molecule has 0 atom stereocenters. The van der Waals surface area contributed by atoms with Crippen molar-refractivity contribution in [1.29, 1.82) is 0 Å². The molecular weight excluding hydrogens is 442 g/mol. The molecule has 0 unspecified atom stereocenters. The number of carboxylic acid groups (broad SMARTS) is 1. The van der Waals surface area contributed by atoms with E-state index in [4.69, 9.17) is 5.11 Å². The van der Waals surface area contributed by atoms with Crippen LogP contribution in [0.1, 0.15) is 35.1 Å². The van der Waals surface area contributed by atoms with Crippen LogP contribution in [0, 0.1) is 20.8 Å². The molecule has 8 nitrogen and oxygen atoms in total. The van der Waals surface area contributed by atoms with E-state index in [0.29, 0.717) is 43.9 Å². The van der Waals surface area contributed by atoms with Gasteiger partial charge in [-0.15, -0.1) is 0 Å². The van der Waals surface area contributed by atoms with Gasteiger partial charge in [0, 0.05) is 26.1 Å². The second-order valence-electron chi connectivity index (χ2n) is 9.13. The highest BCUT2D eigenvalue weighted by Gasteiger charge is 2.24. The van der Waals surface area contributed by atoms with E-state index in [1.54, 1.807) is 0 Å². The fraction of sp³-hybridized carbons (Fsp3) is 0.333. The number of H-pyrrole nitrogens is 1. The molecular formula is C27H31N5O3.